The summed E-state index contributed by atoms with van der Waals surface area (Å²) in [7, 11) is 0. The summed E-state index contributed by atoms with van der Waals surface area (Å²) in [5.74, 6) is 0.683. The zero-order valence-electron chi connectivity index (χ0n) is 25.1. The van der Waals surface area contributed by atoms with E-state index in [-0.39, 0.29) is 5.41 Å². The van der Waals surface area contributed by atoms with Gasteiger partial charge in [-0.05, 0) is 53.6 Å². The van der Waals surface area contributed by atoms with Gasteiger partial charge in [-0.25, -0.2) is 9.97 Å². The summed E-state index contributed by atoms with van der Waals surface area (Å²) in [5.41, 5.74) is 10.9. The first-order valence-corrected chi connectivity index (χ1v) is 15.4. The Morgan fingerprint density at radius 1 is 0.578 bits per heavy atom. The summed E-state index contributed by atoms with van der Waals surface area (Å²) >= 11 is 0. The number of nitrogens with zero attached hydrogens (tertiary/aromatic N) is 4. The summed E-state index contributed by atoms with van der Waals surface area (Å²) < 4.78 is 4.53. The van der Waals surface area contributed by atoms with Crippen LogP contribution in [-0.4, -0.2) is 19.1 Å². The summed E-state index contributed by atoms with van der Waals surface area (Å²) in [6.45, 7) is 4.50. The Labute approximate surface area is 261 Å². The third kappa shape index (κ3) is 3.92. The first kappa shape index (κ1) is 25.7. The summed E-state index contributed by atoms with van der Waals surface area (Å²) in [4.78, 5) is 10.8. The molecule has 5 aromatic carbocycles. The number of hydrogen-bond donors (Lipinski definition) is 0. The van der Waals surface area contributed by atoms with Gasteiger partial charge >= 0.3 is 0 Å². The predicted octanol–water partition coefficient (Wildman–Crippen LogP) is 10.2. The Morgan fingerprint density at radius 2 is 1.31 bits per heavy atom. The highest BCUT2D eigenvalue weighted by atomic mass is 15.2. The molecule has 214 valence electrons. The Morgan fingerprint density at radius 3 is 2.16 bits per heavy atom. The molecular formula is C41H30N4. The third-order valence-corrected chi connectivity index (χ3v) is 9.21. The Balaban J connectivity index is 1.34. The van der Waals surface area contributed by atoms with E-state index in [9.17, 15) is 0 Å². The minimum atomic E-state index is -0.188. The van der Waals surface area contributed by atoms with Gasteiger partial charge in [-0.3, -0.25) is 4.57 Å². The molecule has 0 atom stereocenters. The van der Waals surface area contributed by atoms with Crippen LogP contribution in [0.2, 0.25) is 0 Å². The lowest BCUT2D eigenvalue weighted by Crippen LogP contribution is -2.16. The third-order valence-electron chi connectivity index (χ3n) is 9.21. The van der Waals surface area contributed by atoms with Gasteiger partial charge < -0.3 is 4.57 Å². The topological polar surface area (TPSA) is 35.6 Å². The summed E-state index contributed by atoms with van der Waals surface area (Å²) in [6.07, 6.45) is 6.59. The van der Waals surface area contributed by atoms with Crippen LogP contribution in [0.4, 0.5) is 0 Å². The molecule has 0 bridgehead atoms. The quantitative estimate of drug-likeness (QED) is 0.208. The summed E-state index contributed by atoms with van der Waals surface area (Å²) in [6, 6.07) is 45.1. The number of rotatable bonds is 4. The highest BCUT2D eigenvalue weighted by Gasteiger charge is 2.32. The van der Waals surface area contributed by atoms with Crippen molar-refractivity contribution in [3.8, 4) is 34.0 Å². The second-order valence-electron chi connectivity index (χ2n) is 12.4. The van der Waals surface area contributed by atoms with Crippen LogP contribution in [0.1, 0.15) is 25.1 Å². The van der Waals surface area contributed by atoms with Crippen molar-refractivity contribution < 1.29 is 0 Å². The van der Waals surface area contributed by atoms with Crippen LogP contribution in [0.25, 0.3) is 72.8 Å². The standard InChI is InChI=1S/C41H30N4/c1-41(2)24-22-34-37(41)38(29-15-11-14-28(26-29)27-12-5-3-6-13-27)43-40(42-34)45-36-19-10-9-18-31(36)32-20-21-35-33(39(32)45)23-25-44(35)30-16-7-4-8-17-30/h3-26H,1-2H3. The van der Waals surface area contributed by atoms with Gasteiger partial charge in [0.1, 0.15) is 0 Å². The number of benzene rings is 5. The number of fused-ring (bicyclic) bond motifs is 6. The number of para-hydroxylation sites is 2. The normalized spacial score (nSPS) is 13.6. The van der Waals surface area contributed by atoms with Crippen molar-refractivity contribution in [2.75, 3.05) is 0 Å². The highest BCUT2D eigenvalue weighted by Crippen LogP contribution is 2.43. The van der Waals surface area contributed by atoms with Crippen molar-refractivity contribution in [3.63, 3.8) is 0 Å². The second kappa shape index (κ2) is 9.63. The van der Waals surface area contributed by atoms with E-state index in [0.29, 0.717) is 5.95 Å². The largest absolute Gasteiger partial charge is 0.316 e. The zero-order valence-corrected chi connectivity index (χ0v) is 25.1. The lowest BCUT2D eigenvalue weighted by atomic mass is 9.85. The fourth-order valence-corrected chi connectivity index (χ4v) is 7.08. The molecule has 3 aromatic heterocycles. The van der Waals surface area contributed by atoms with Crippen molar-refractivity contribution >= 4 is 38.8 Å². The summed E-state index contributed by atoms with van der Waals surface area (Å²) in [5, 5.41) is 3.55. The first-order chi connectivity index (χ1) is 22.1. The number of aromatic nitrogens is 4. The van der Waals surface area contributed by atoms with E-state index in [2.05, 4.69) is 169 Å². The molecule has 0 amide bonds. The van der Waals surface area contributed by atoms with E-state index >= 15 is 0 Å². The molecule has 4 nitrogen and oxygen atoms in total. The van der Waals surface area contributed by atoms with E-state index in [1.165, 1.54) is 27.3 Å². The van der Waals surface area contributed by atoms with Gasteiger partial charge in [0, 0.05) is 44.6 Å². The Bertz CT molecular complexity index is 2440. The molecule has 0 unspecified atom stereocenters. The van der Waals surface area contributed by atoms with Gasteiger partial charge in [0.2, 0.25) is 5.95 Å². The minimum absolute atomic E-state index is 0.188. The van der Waals surface area contributed by atoms with Crippen LogP contribution in [0.5, 0.6) is 0 Å². The fraction of sp³-hybridized carbons (Fsp3) is 0.0732. The molecule has 0 radical (unpaired) electrons. The van der Waals surface area contributed by atoms with Crippen LogP contribution in [0.15, 0.2) is 140 Å². The average Bonchev–Trinajstić information content (AvgIpc) is 3.76. The molecule has 0 N–H and O–H groups in total. The van der Waals surface area contributed by atoms with Gasteiger partial charge in [0.05, 0.1) is 27.9 Å². The minimum Gasteiger partial charge on any atom is -0.316 e. The van der Waals surface area contributed by atoms with Gasteiger partial charge in [0.25, 0.3) is 0 Å². The van der Waals surface area contributed by atoms with Crippen LogP contribution < -0.4 is 0 Å². The van der Waals surface area contributed by atoms with Crippen LogP contribution in [0.3, 0.4) is 0 Å². The second-order valence-corrected chi connectivity index (χ2v) is 12.4. The van der Waals surface area contributed by atoms with Crippen molar-refractivity contribution in [2.24, 2.45) is 0 Å². The van der Waals surface area contributed by atoms with Crippen LogP contribution in [0, 0.1) is 0 Å². The van der Waals surface area contributed by atoms with Crippen molar-refractivity contribution in [1.29, 1.82) is 0 Å². The molecule has 3 heterocycles. The van der Waals surface area contributed by atoms with Crippen molar-refractivity contribution in [2.45, 2.75) is 19.3 Å². The molecule has 0 spiro atoms. The van der Waals surface area contributed by atoms with E-state index in [4.69, 9.17) is 9.97 Å². The van der Waals surface area contributed by atoms with Gasteiger partial charge in [-0.2, -0.15) is 0 Å². The zero-order chi connectivity index (χ0) is 30.1. The SMILES string of the molecule is CC1(C)C=Cc2nc(-n3c4ccccc4c4ccc5c(ccn5-c5ccccc5)c43)nc(-c3cccc(-c4ccccc4)c3)c21. The lowest BCUT2D eigenvalue weighted by Gasteiger charge is -2.22. The Hall–Kier alpha value is -5.74. The van der Waals surface area contributed by atoms with Crippen LogP contribution in [-0.2, 0) is 5.41 Å². The first-order valence-electron chi connectivity index (χ1n) is 15.4. The molecule has 0 saturated heterocycles. The average molecular weight is 579 g/mol. The Kier molecular flexibility index (Phi) is 5.51. The smallest absolute Gasteiger partial charge is 0.235 e. The maximum absolute atomic E-state index is 5.46. The lowest BCUT2D eigenvalue weighted by molar-refractivity contribution is 0.677. The van der Waals surface area contributed by atoms with Crippen molar-refractivity contribution in [3.05, 3.63) is 151 Å². The van der Waals surface area contributed by atoms with E-state index in [0.717, 1.165) is 44.8 Å². The van der Waals surface area contributed by atoms with E-state index in [1.54, 1.807) is 0 Å². The van der Waals surface area contributed by atoms with Gasteiger partial charge in [-0.15, -0.1) is 0 Å². The molecule has 0 aliphatic heterocycles. The molecule has 0 fully saturated rings. The van der Waals surface area contributed by atoms with Gasteiger partial charge in [-0.1, -0.05) is 111 Å². The monoisotopic (exact) mass is 578 g/mol. The molecule has 0 saturated carbocycles. The highest BCUT2D eigenvalue weighted by molar-refractivity contribution is 6.18. The molecular weight excluding hydrogens is 548 g/mol. The van der Waals surface area contributed by atoms with Gasteiger partial charge in [0.15, 0.2) is 0 Å². The molecule has 1 aliphatic rings. The maximum Gasteiger partial charge on any atom is 0.235 e. The number of allylic oxidation sites excluding steroid dienone is 1. The van der Waals surface area contributed by atoms with E-state index < -0.39 is 0 Å². The van der Waals surface area contributed by atoms with Crippen molar-refractivity contribution in [1.82, 2.24) is 19.1 Å². The molecule has 9 rings (SSSR count). The fourth-order valence-electron chi connectivity index (χ4n) is 7.08. The van der Waals surface area contributed by atoms with Crippen LogP contribution >= 0.6 is 0 Å². The molecule has 45 heavy (non-hydrogen) atoms. The van der Waals surface area contributed by atoms with E-state index in [1.807, 2.05) is 0 Å². The predicted molar refractivity (Wildman–Crippen MR) is 186 cm³/mol. The number of hydrogen-bond acceptors (Lipinski definition) is 2. The molecule has 1 aliphatic carbocycles. The molecule has 8 aromatic rings. The maximum atomic E-state index is 5.46. The molecule has 4 heteroatoms.